The van der Waals surface area contributed by atoms with Crippen LogP contribution in [-0.4, -0.2) is 9.55 Å². The molecule has 0 N–H and O–H groups in total. The fourth-order valence-corrected chi connectivity index (χ4v) is 2.12. The van der Waals surface area contributed by atoms with Gasteiger partial charge >= 0.3 is 0 Å². The molecule has 3 heteroatoms. The molecule has 0 bridgehead atoms. The first-order valence-electron chi connectivity index (χ1n) is 5.73. The maximum Gasteiger partial charge on any atom is 0.145 e. The van der Waals surface area contributed by atoms with Crippen LogP contribution in [0.4, 0.5) is 0 Å². The number of rotatable bonds is 1. The minimum Gasteiger partial charge on any atom is -0.300 e. The van der Waals surface area contributed by atoms with Crippen molar-refractivity contribution in [1.82, 2.24) is 9.55 Å². The molecule has 0 spiro atoms. The van der Waals surface area contributed by atoms with Gasteiger partial charge in [0.25, 0.3) is 0 Å². The highest BCUT2D eigenvalue weighted by Crippen LogP contribution is 2.22. The zero-order valence-corrected chi connectivity index (χ0v) is 9.96. The average molecular weight is 233 g/mol. The molecule has 0 saturated carbocycles. The normalized spacial score (nSPS) is 10.4. The van der Waals surface area contributed by atoms with E-state index in [1.165, 1.54) is 5.56 Å². The number of aryl methyl sites for hydroxylation is 1. The molecule has 2 aromatic heterocycles. The zero-order valence-electron chi connectivity index (χ0n) is 9.96. The number of benzene rings is 1. The Kier molecular flexibility index (Phi) is 2.35. The fraction of sp³-hybridized carbons (Fsp3) is 0.0667. The van der Waals surface area contributed by atoms with Crippen molar-refractivity contribution >= 4 is 11.0 Å². The second kappa shape index (κ2) is 4.01. The lowest BCUT2D eigenvalue weighted by Crippen LogP contribution is -1.93. The van der Waals surface area contributed by atoms with Crippen molar-refractivity contribution in [2.45, 2.75) is 6.92 Å². The van der Waals surface area contributed by atoms with E-state index in [1.807, 2.05) is 48.0 Å². The lowest BCUT2D eigenvalue weighted by atomic mass is 10.2. The van der Waals surface area contributed by atoms with E-state index in [0.29, 0.717) is 5.56 Å². The lowest BCUT2D eigenvalue weighted by molar-refractivity contribution is 1.09. The number of hydrogen-bond donors (Lipinski definition) is 0. The molecule has 0 unspecified atom stereocenters. The van der Waals surface area contributed by atoms with Crippen molar-refractivity contribution in [3.8, 4) is 11.8 Å². The number of nitrogens with zero attached hydrogens (tertiary/aromatic N) is 3. The summed E-state index contributed by atoms with van der Waals surface area (Å²) in [6.45, 7) is 2.05. The van der Waals surface area contributed by atoms with Gasteiger partial charge in [0, 0.05) is 23.5 Å². The van der Waals surface area contributed by atoms with Crippen LogP contribution in [-0.2, 0) is 0 Å². The molecule has 18 heavy (non-hydrogen) atoms. The van der Waals surface area contributed by atoms with Crippen LogP contribution in [0.5, 0.6) is 0 Å². The van der Waals surface area contributed by atoms with E-state index in [2.05, 4.69) is 17.1 Å². The third kappa shape index (κ3) is 1.56. The Morgan fingerprint density at radius 2 is 2.11 bits per heavy atom. The van der Waals surface area contributed by atoms with Gasteiger partial charge in [-0.25, -0.2) is 4.98 Å². The predicted octanol–water partition coefficient (Wildman–Crippen LogP) is 3.21. The van der Waals surface area contributed by atoms with Crippen LogP contribution in [0.15, 0.2) is 48.8 Å². The van der Waals surface area contributed by atoms with Crippen molar-refractivity contribution in [2.24, 2.45) is 0 Å². The molecule has 3 nitrogen and oxygen atoms in total. The molecule has 3 aromatic rings. The van der Waals surface area contributed by atoms with E-state index in [-0.39, 0.29) is 0 Å². The van der Waals surface area contributed by atoms with E-state index < -0.39 is 0 Å². The molecule has 0 saturated heterocycles. The maximum atomic E-state index is 9.16. The minimum absolute atomic E-state index is 0.652. The zero-order chi connectivity index (χ0) is 12.5. The molecular weight excluding hydrogens is 222 g/mol. The molecule has 0 amide bonds. The summed E-state index contributed by atoms with van der Waals surface area (Å²) < 4.78 is 1.96. The predicted molar refractivity (Wildman–Crippen MR) is 70.5 cm³/mol. The summed E-state index contributed by atoms with van der Waals surface area (Å²) in [6.07, 6.45) is 3.59. The lowest BCUT2D eigenvalue weighted by Gasteiger charge is -2.04. The van der Waals surface area contributed by atoms with Crippen LogP contribution >= 0.6 is 0 Å². The van der Waals surface area contributed by atoms with Gasteiger partial charge in [-0.3, -0.25) is 4.57 Å². The first-order valence-corrected chi connectivity index (χ1v) is 5.73. The van der Waals surface area contributed by atoms with Gasteiger partial charge in [-0.1, -0.05) is 12.1 Å². The smallest absolute Gasteiger partial charge is 0.145 e. The fourth-order valence-electron chi connectivity index (χ4n) is 2.12. The van der Waals surface area contributed by atoms with Crippen LogP contribution in [0.25, 0.3) is 16.7 Å². The molecule has 0 atom stereocenters. The first-order chi connectivity index (χ1) is 8.79. The molecule has 1 aromatic carbocycles. The highest BCUT2D eigenvalue weighted by atomic mass is 15.0. The van der Waals surface area contributed by atoms with E-state index in [4.69, 9.17) is 5.26 Å². The van der Waals surface area contributed by atoms with Gasteiger partial charge in [0.1, 0.15) is 11.7 Å². The third-order valence-corrected chi connectivity index (χ3v) is 2.96. The largest absolute Gasteiger partial charge is 0.300 e. The van der Waals surface area contributed by atoms with Crippen molar-refractivity contribution in [3.63, 3.8) is 0 Å². The Morgan fingerprint density at radius 1 is 1.22 bits per heavy atom. The van der Waals surface area contributed by atoms with Crippen LogP contribution < -0.4 is 0 Å². The van der Waals surface area contributed by atoms with E-state index >= 15 is 0 Å². The van der Waals surface area contributed by atoms with Gasteiger partial charge in [-0.2, -0.15) is 5.26 Å². The molecule has 0 aliphatic rings. The Morgan fingerprint density at radius 3 is 2.89 bits per heavy atom. The van der Waals surface area contributed by atoms with Crippen LogP contribution in [0.1, 0.15) is 11.1 Å². The number of nitriles is 1. The molecule has 86 valence electrons. The first kappa shape index (κ1) is 10.5. The molecule has 0 aliphatic heterocycles. The van der Waals surface area contributed by atoms with Gasteiger partial charge in [0.05, 0.1) is 5.56 Å². The Balaban J connectivity index is 2.34. The van der Waals surface area contributed by atoms with Gasteiger partial charge in [-0.05, 0) is 36.8 Å². The second-order valence-corrected chi connectivity index (χ2v) is 4.24. The summed E-state index contributed by atoms with van der Waals surface area (Å²) in [4.78, 5) is 4.37. The Hall–Kier alpha value is -2.60. The summed E-state index contributed by atoms with van der Waals surface area (Å²) in [5.41, 5.74) is 3.68. The number of hydrogen-bond acceptors (Lipinski definition) is 2. The SMILES string of the molecule is Cc1cccc(-n2cc(C#N)c3cccnc32)c1. The molecule has 0 radical (unpaired) electrons. The number of aromatic nitrogens is 2. The Labute approximate surface area is 105 Å². The van der Waals surface area contributed by atoms with Crippen molar-refractivity contribution < 1.29 is 0 Å². The summed E-state index contributed by atoms with van der Waals surface area (Å²) in [7, 11) is 0. The highest BCUT2D eigenvalue weighted by Gasteiger charge is 2.09. The summed E-state index contributed by atoms with van der Waals surface area (Å²) in [5, 5.41) is 10.0. The van der Waals surface area contributed by atoms with Crippen molar-refractivity contribution in [2.75, 3.05) is 0 Å². The highest BCUT2D eigenvalue weighted by molar-refractivity contribution is 5.84. The van der Waals surface area contributed by atoms with Gasteiger partial charge in [0.2, 0.25) is 0 Å². The van der Waals surface area contributed by atoms with Crippen molar-refractivity contribution in [3.05, 3.63) is 59.9 Å². The van der Waals surface area contributed by atoms with Crippen LogP contribution in [0, 0.1) is 18.3 Å². The molecular formula is C15H11N3. The maximum absolute atomic E-state index is 9.16. The summed E-state index contributed by atoms with van der Waals surface area (Å²) in [6, 6.07) is 14.1. The molecule has 0 fully saturated rings. The number of fused-ring (bicyclic) bond motifs is 1. The minimum atomic E-state index is 0.652. The molecule has 0 aliphatic carbocycles. The van der Waals surface area contributed by atoms with Crippen LogP contribution in [0.2, 0.25) is 0 Å². The van der Waals surface area contributed by atoms with E-state index in [1.54, 1.807) is 6.20 Å². The van der Waals surface area contributed by atoms with Crippen molar-refractivity contribution in [1.29, 1.82) is 5.26 Å². The topological polar surface area (TPSA) is 41.6 Å². The average Bonchev–Trinajstić information content (AvgIpc) is 2.77. The molecule has 3 rings (SSSR count). The van der Waals surface area contributed by atoms with Gasteiger partial charge in [0.15, 0.2) is 0 Å². The summed E-state index contributed by atoms with van der Waals surface area (Å²) in [5.74, 6) is 0. The number of pyridine rings is 1. The van der Waals surface area contributed by atoms with E-state index in [9.17, 15) is 0 Å². The van der Waals surface area contributed by atoms with Gasteiger partial charge in [-0.15, -0.1) is 0 Å². The van der Waals surface area contributed by atoms with E-state index in [0.717, 1.165) is 16.7 Å². The second-order valence-electron chi connectivity index (χ2n) is 4.24. The monoisotopic (exact) mass is 233 g/mol. The third-order valence-electron chi connectivity index (χ3n) is 2.96. The Bertz CT molecular complexity index is 763. The quantitative estimate of drug-likeness (QED) is 0.647. The summed E-state index contributed by atoms with van der Waals surface area (Å²) >= 11 is 0. The molecule has 2 heterocycles. The van der Waals surface area contributed by atoms with Gasteiger partial charge < -0.3 is 0 Å². The van der Waals surface area contributed by atoms with Crippen LogP contribution in [0.3, 0.4) is 0 Å². The standard InChI is InChI=1S/C15H11N3/c1-11-4-2-5-13(8-11)18-10-12(9-16)14-6-3-7-17-15(14)18/h2-8,10H,1H3.